The molecule has 0 saturated carbocycles. The average Bonchev–Trinajstić information content (AvgIpc) is 2.59. The second kappa shape index (κ2) is 7.75. The Morgan fingerprint density at radius 1 is 1.22 bits per heavy atom. The number of hydrogen-bond donors (Lipinski definition) is 2. The second-order valence-corrected chi connectivity index (χ2v) is 8.66. The zero-order valence-corrected chi connectivity index (χ0v) is 16.1. The van der Waals surface area contributed by atoms with Crippen molar-refractivity contribution < 1.29 is 22.7 Å². The summed E-state index contributed by atoms with van der Waals surface area (Å²) >= 11 is 11.9. The molecular weight excluding hydrogens is 415 g/mol. The first-order chi connectivity index (χ1) is 12.7. The van der Waals surface area contributed by atoms with Gasteiger partial charge in [0.2, 0.25) is 5.91 Å². The topological polar surface area (TPSA) is 102 Å². The van der Waals surface area contributed by atoms with Crippen LogP contribution in [-0.4, -0.2) is 32.6 Å². The number of rotatable bonds is 5. The fraction of sp³-hybridized carbons (Fsp3) is 0.176. The summed E-state index contributed by atoms with van der Waals surface area (Å²) in [4.78, 5) is 23.2. The van der Waals surface area contributed by atoms with Gasteiger partial charge >= 0.3 is 0 Å². The summed E-state index contributed by atoms with van der Waals surface area (Å²) in [5, 5.41) is 5.52. The van der Waals surface area contributed by atoms with E-state index in [4.69, 9.17) is 27.9 Å². The minimum atomic E-state index is -3.85. The largest absolute Gasteiger partial charge is 0.482 e. The van der Waals surface area contributed by atoms with Crippen molar-refractivity contribution in [3.8, 4) is 5.75 Å². The first-order valence-corrected chi connectivity index (χ1v) is 10.2. The zero-order chi connectivity index (χ0) is 19.6. The first-order valence-electron chi connectivity index (χ1n) is 7.79. The zero-order valence-electron chi connectivity index (χ0n) is 13.8. The van der Waals surface area contributed by atoms with Crippen molar-refractivity contribution in [3.05, 3.63) is 46.4 Å². The molecule has 2 amide bonds. The molecule has 0 atom stereocenters. The van der Waals surface area contributed by atoms with Gasteiger partial charge in [-0.3, -0.25) is 9.59 Å². The monoisotopic (exact) mass is 428 g/mol. The van der Waals surface area contributed by atoms with Crippen LogP contribution in [0.2, 0.25) is 10.0 Å². The summed E-state index contributed by atoms with van der Waals surface area (Å²) in [6.07, 6.45) is -0.264. The van der Waals surface area contributed by atoms with Gasteiger partial charge in [-0.25, -0.2) is 8.42 Å². The minimum Gasteiger partial charge on any atom is -0.482 e. The molecule has 0 aliphatic carbocycles. The molecule has 7 nitrogen and oxygen atoms in total. The Labute approximate surface area is 165 Å². The van der Waals surface area contributed by atoms with Crippen molar-refractivity contribution in [2.24, 2.45) is 0 Å². The van der Waals surface area contributed by atoms with E-state index >= 15 is 0 Å². The average molecular weight is 429 g/mol. The molecule has 10 heteroatoms. The number of benzene rings is 2. The Hall–Kier alpha value is -2.29. The number of halogens is 2. The third-order valence-corrected chi connectivity index (χ3v) is 6.12. The molecule has 27 heavy (non-hydrogen) atoms. The minimum absolute atomic E-state index is 0.0604. The molecule has 0 saturated heterocycles. The summed E-state index contributed by atoms with van der Waals surface area (Å²) in [5.74, 6) is -1.06. The third-order valence-electron chi connectivity index (χ3n) is 3.71. The highest BCUT2D eigenvalue weighted by Crippen LogP contribution is 2.36. The highest BCUT2D eigenvalue weighted by Gasteiger charge is 2.25. The number of carbonyl (C=O) groups is 2. The van der Waals surface area contributed by atoms with E-state index in [0.29, 0.717) is 16.4 Å². The van der Waals surface area contributed by atoms with Crippen LogP contribution in [0.5, 0.6) is 5.75 Å². The lowest BCUT2D eigenvalue weighted by Crippen LogP contribution is -2.25. The van der Waals surface area contributed by atoms with Crippen molar-refractivity contribution in [1.82, 2.24) is 0 Å². The fourth-order valence-electron chi connectivity index (χ4n) is 2.45. The van der Waals surface area contributed by atoms with E-state index < -0.39 is 21.5 Å². The second-order valence-electron chi connectivity index (χ2n) is 5.74. The number of amides is 2. The van der Waals surface area contributed by atoms with Gasteiger partial charge in [-0.15, -0.1) is 0 Å². The molecule has 0 radical (unpaired) electrons. The molecule has 2 aromatic carbocycles. The van der Waals surface area contributed by atoms with Crippen LogP contribution < -0.4 is 15.4 Å². The standard InChI is InChI=1S/C17H14Cl2N2O5S/c18-10-2-1-3-11(6-10)20-16(22)4-5-27(24,25)15-8-14-13(7-12(15)19)21-17(23)9-26-14/h1-3,6-8H,4-5,9H2,(H,20,22)(H,21,23). The van der Waals surface area contributed by atoms with E-state index in [9.17, 15) is 18.0 Å². The Morgan fingerprint density at radius 2 is 2.00 bits per heavy atom. The number of sulfone groups is 1. The van der Waals surface area contributed by atoms with Gasteiger partial charge in [0, 0.05) is 23.2 Å². The van der Waals surface area contributed by atoms with Crippen LogP contribution >= 0.6 is 23.2 Å². The summed E-state index contributed by atoms with van der Waals surface area (Å²) in [6.45, 7) is -0.212. The maximum absolute atomic E-state index is 12.6. The highest BCUT2D eigenvalue weighted by atomic mass is 35.5. The lowest BCUT2D eigenvalue weighted by Gasteiger charge is -2.19. The maximum Gasteiger partial charge on any atom is 0.262 e. The van der Waals surface area contributed by atoms with Gasteiger partial charge in [-0.2, -0.15) is 0 Å². The molecular formula is C17H14Cl2N2O5S. The van der Waals surface area contributed by atoms with Crippen LogP contribution in [0.3, 0.4) is 0 Å². The number of ether oxygens (including phenoxy) is 1. The van der Waals surface area contributed by atoms with Crippen LogP contribution in [0.15, 0.2) is 41.3 Å². The van der Waals surface area contributed by atoms with E-state index in [-0.39, 0.29) is 34.6 Å². The van der Waals surface area contributed by atoms with Crippen LogP contribution in [-0.2, 0) is 19.4 Å². The Morgan fingerprint density at radius 3 is 2.74 bits per heavy atom. The molecule has 1 heterocycles. The lowest BCUT2D eigenvalue weighted by atomic mass is 10.2. The van der Waals surface area contributed by atoms with Crippen molar-refractivity contribution in [2.45, 2.75) is 11.3 Å². The van der Waals surface area contributed by atoms with Gasteiger partial charge in [0.15, 0.2) is 16.4 Å². The van der Waals surface area contributed by atoms with Crippen LogP contribution in [0, 0.1) is 0 Å². The number of fused-ring (bicyclic) bond motifs is 1. The summed E-state index contributed by atoms with van der Waals surface area (Å²) < 4.78 is 30.4. The van der Waals surface area contributed by atoms with Gasteiger partial charge in [-0.1, -0.05) is 29.3 Å². The van der Waals surface area contributed by atoms with E-state index in [0.717, 1.165) is 0 Å². The first kappa shape index (κ1) is 19.5. The summed E-state index contributed by atoms with van der Waals surface area (Å²) in [7, 11) is -3.85. The van der Waals surface area contributed by atoms with Crippen molar-refractivity contribution in [3.63, 3.8) is 0 Å². The number of nitrogens with one attached hydrogen (secondary N) is 2. The lowest BCUT2D eigenvalue weighted by molar-refractivity contribution is -0.118. The molecule has 2 aromatic rings. The summed E-state index contributed by atoms with van der Waals surface area (Å²) in [5.41, 5.74) is 0.773. The smallest absolute Gasteiger partial charge is 0.262 e. The molecule has 142 valence electrons. The third kappa shape index (κ3) is 4.71. The molecule has 0 fully saturated rings. The van der Waals surface area contributed by atoms with E-state index in [1.54, 1.807) is 24.3 Å². The molecule has 0 aromatic heterocycles. The van der Waals surface area contributed by atoms with Gasteiger partial charge in [0.25, 0.3) is 5.91 Å². The fourth-order valence-corrected chi connectivity index (χ4v) is 4.47. The number of hydrogen-bond acceptors (Lipinski definition) is 5. The van der Waals surface area contributed by atoms with E-state index in [2.05, 4.69) is 10.6 Å². The SMILES string of the molecule is O=C(CCS(=O)(=O)c1cc2c(cc1Cl)NC(=O)CO2)Nc1cccc(Cl)c1. The van der Waals surface area contributed by atoms with Gasteiger partial charge < -0.3 is 15.4 Å². The van der Waals surface area contributed by atoms with E-state index in [1.165, 1.54) is 12.1 Å². The molecule has 1 aliphatic heterocycles. The molecule has 0 bridgehead atoms. The Kier molecular flexibility index (Phi) is 5.59. The van der Waals surface area contributed by atoms with Gasteiger partial charge in [0.1, 0.15) is 5.75 Å². The summed E-state index contributed by atoms with van der Waals surface area (Å²) in [6, 6.07) is 9.09. The Bertz CT molecular complexity index is 1020. The van der Waals surface area contributed by atoms with Crippen LogP contribution in [0.1, 0.15) is 6.42 Å². The normalized spacial score (nSPS) is 13.3. The predicted molar refractivity (Wildman–Crippen MR) is 102 cm³/mol. The number of carbonyl (C=O) groups excluding carboxylic acids is 2. The van der Waals surface area contributed by atoms with E-state index in [1.807, 2.05) is 0 Å². The quantitative estimate of drug-likeness (QED) is 0.761. The Balaban J connectivity index is 1.71. The van der Waals surface area contributed by atoms with Crippen LogP contribution in [0.25, 0.3) is 0 Å². The molecule has 2 N–H and O–H groups in total. The molecule has 0 unspecified atom stereocenters. The molecule has 1 aliphatic rings. The van der Waals surface area contributed by atoms with Gasteiger partial charge in [0.05, 0.1) is 21.4 Å². The molecule has 3 rings (SSSR count). The highest BCUT2D eigenvalue weighted by molar-refractivity contribution is 7.91. The van der Waals surface area contributed by atoms with Crippen molar-refractivity contribution >= 4 is 56.2 Å². The predicted octanol–water partition coefficient (Wildman–Crippen LogP) is 3.13. The van der Waals surface area contributed by atoms with Crippen molar-refractivity contribution in [1.29, 1.82) is 0 Å². The number of anilines is 2. The molecule has 0 spiro atoms. The maximum atomic E-state index is 12.6. The van der Waals surface area contributed by atoms with Gasteiger partial charge in [-0.05, 0) is 24.3 Å². The van der Waals surface area contributed by atoms with Crippen LogP contribution in [0.4, 0.5) is 11.4 Å². The van der Waals surface area contributed by atoms with Crippen molar-refractivity contribution in [2.75, 3.05) is 23.0 Å².